The molecule has 32 heavy (non-hydrogen) atoms. The molecule has 8 nitrogen and oxygen atoms in total. The number of nitrogens with zero attached hydrogens (tertiary/aromatic N) is 5. The second kappa shape index (κ2) is 8.64. The van der Waals surface area contributed by atoms with Gasteiger partial charge in [0.05, 0.1) is 23.9 Å². The summed E-state index contributed by atoms with van der Waals surface area (Å²) in [5.41, 5.74) is 1.31. The number of aromatic nitrogens is 5. The van der Waals surface area contributed by atoms with Gasteiger partial charge in [0.25, 0.3) is 5.91 Å². The smallest absolute Gasteiger partial charge is 0.280 e. The van der Waals surface area contributed by atoms with E-state index in [0.29, 0.717) is 12.1 Å². The van der Waals surface area contributed by atoms with E-state index in [2.05, 4.69) is 37.5 Å². The van der Waals surface area contributed by atoms with Crippen molar-refractivity contribution in [3.63, 3.8) is 0 Å². The van der Waals surface area contributed by atoms with Gasteiger partial charge in [-0.15, -0.1) is 0 Å². The monoisotopic (exact) mass is 457 g/mol. The number of carbonyl (C=O) groups is 1. The molecule has 0 radical (unpaired) electrons. The molecule has 0 unspecified atom stereocenters. The molecule has 0 saturated carbocycles. The van der Waals surface area contributed by atoms with Crippen LogP contribution in [0.4, 0.5) is 32.2 Å². The molecule has 14 heteroatoms. The minimum absolute atomic E-state index is 0.0107. The molecular weight excluding hydrogens is 444 g/mol. The van der Waals surface area contributed by atoms with Gasteiger partial charge in [-0.2, -0.15) is 31.4 Å². The minimum atomic E-state index is -5.00. The first-order valence-electron chi connectivity index (χ1n) is 8.63. The van der Waals surface area contributed by atoms with Crippen molar-refractivity contribution in [3.05, 3.63) is 66.4 Å². The zero-order valence-corrected chi connectivity index (χ0v) is 15.9. The fourth-order valence-corrected chi connectivity index (χ4v) is 2.43. The number of anilines is 1. The van der Waals surface area contributed by atoms with E-state index in [9.17, 15) is 31.1 Å². The normalized spacial score (nSPS) is 11.8. The minimum Gasteiger partial charge on any atom is -0.280 e. The van der Waals surface area contributed by atoms with E-state index in [4.69, 9.17) is 0 Å². The van der Waals surface area contributed by atoms with Crippen LogP contribution in [-0.4, -0.2) is 30.6 Å². The van der Waals surface area contributed by atoms with Crippen LogP contribution in [0.1, 0.15) is 11.1 Å². The Kier molecular flexibility index (Phi) is 6.13. The van der Waals surface area contributed by atoms with E-state index in [1.807, 2.05) is 0 Å². The second-order valence-corrected chi connectivity index (χ2v) is 6.33. The predicted octanol–water partition coefficient (Wildman–Crippen LogP) is 3.47. The molecule has 0 aliphatic rings. The molecule has 0 aliphatic heterocycles. The Hall–Kier alpha value is -3.97. The summed E-state index contributed by atoms with van der Waals surface area (Å²) in [6.45, 7) is 3.33. The van der Waals surface area contributed by atoms with Crippen LogP contribution in [0.15, 0.2) is 55.3 Å². The molecule has 3 rings (SSSR count). The van der Waals surface area contributed by atoms with E-state index < -0.39 is 35.0 Å². The SMILES string of the molecule is C=C(Cn1cnc(-c2cc(C(F)(F)F)cc(C(F)(F)F)c2)n1)C(=O)NNc1cnccn1. The summed E-state index contributed by atoms with van der Waals surface area (Å²) in [5.74, 6) is -0.791. The highest BCUT2D eigenvalue weighted by molar-refractivity contribution is 5.93. The molecule has 0 aliphatic carbocycles. The van der Waals surface area contributed by atoms with Crippen molar-refractivity contribution >= 4 is 11.7 Å². The van der Waals surface area contributed by atoms with E-state index >= 15 is 0 Å². The first-order valence-corrected chi connectivity index (χ1v) is 8.63. The summed E-state index contributed by atoms with van der Waals surface area (Å²) >= 11 is 0. The third-order valence-corrected chi connectivity index (χ3v) is 3.92. The zero-order chi connectivity index (χ0) is 23.5. The van der Waals surface area contributed by atoms with E-state index in [0.717, 1.165) is 11.0 Å². The highest BCUT2D eigenvalue weighted by atomic mass is 19.4. The van der Waals surface area contributed by atoms with Gasteiger partial charge < -0.3 is 0 Å². The maximum Gasteiger partial charge on any atom is 0.416 e. The van der Waals surface area contributed by atoms with Crippen molar-refractivity contribution in [2.45, 2.75) is 18.9 Å². The Balaban J connectivity index is 1.75. The lowest BCUT2D eigenvalue weighted by Gasteiger charge is -2.13. The molecule has 0 saturated heterocycles. The molecule has 1 aromatic carbocycles. The molecule has 1 amide bonds. The number of hydrogen-bond donors (Lipinski definition) is 2. The lowest BCUT2D eigenvalue weighted by atomic mass is 10.0. The van der Waals surface area contributed by atoms with Crippen LogP contribution in [0.2, 0.25) is 0 Å². The van der Waals surface area contributed by atoms with Crippen molar-refractivity contribution in [1.82, 2.24) is 30.2 Å². The Morgan fingerprint density at radius 1 is 1.00 bits per heavy atom. The fourth-order valence-electron chi connectivity index (χ4n) is 2.43. The van der Waals surface area contributed by atoms with Gasteiger partial charge >= 0.3 is 12.4 Å². The van der Waals surface area contributed by atoms with Gasteiger partial charge in [-0.1, -0.05) is 6.58 Å². The number of rotatable bonds is 6. The third kappa shape index (κ3) is 5.59. The third-order valence-electron chi connectivity index (χ3n) is 3.92. The highest BCUT2D eigenvalue weighted by Gasteiger charge is 2.37. The van der Waals surface area contributed by atoms with Gasteiger partial charge in [-0.05, 0) is 18.2 Å². The Bertz CT molecular complexity index is 1090. The van der Waals surface area contributed by atoms with E-state index in [1.165, 1.54) is 18.6 Å². The molecule has 3 aromatic rings. The first-order chi connectivity index (χ1) is 14.9. The Labute approximate surface area is 176 Å². The number of amides is 1. The fraction of sp³-hybridized carbons (Fsp3) is 0.167. The van der Waals surface area contributed by atoms with Crippen molar-refractivity contribution in [1.29, 1.82) is 0 Å². The van der Waals surface area contributed by atoms with Crippen LogP contribution in [0.25, 0.3) is 11.4 Å². The predicted molar refractivity (Wildman–Crippen MR) is 98.4 cm³/mol. The molecule has 0 fully saturated rings. The van der Waals surface area contributed by atoms with Crippen molar-refractivity contribution < 1.29 is 31.1 Å². The summed E-state index contributed by atoms with van der Waals surface area (Å²) in [6.07, 6.45) is -4.79. The van der Waals surface area contributed by atoms with Gasteiger partial charge in [-0.25, -0.2) is 14.6 Å². The van der Waals surface area contributed by atoms with Gasteiger partial charge in [0.2, 0.25) is 0 Å². The average molecular weight is 457 g/mol. The largest absolute Gasteiger partial charge is 0.416 e. The number of hydrazine groups is 1. The molecule has 2 N–H and O–H groups in total. The number of halogens is 6. The maximum absolute atomic E-state index is 13.0. The molecular formula is C18H13F6N7O. The number of alkyl halides is 6. The second-order valence-electron chi connectivity index (χ2n) is 6.33. The van der Waals surface area contributed by atoms with Gasteiger partial charge in [0.15, 0.2) is 11.6 Å². The first kappa shape index (κ1) is 22.7. The summed E-state index contributed by atoms with van der Waals surface area (Å²) < 4.78 is 79.2. The summed E-state index contributed by atoms with van der Waals surface area (Å²) in [7, 11) is 0. The van der Waals surface area contributed by atoms with Crippen molar-refractivity contribution in [3.8, 4) is 11.4 Å². The molecule has 2 heterocycles. The van der Waals surface area contributed by atoms with E-state index in [-0.39, 0.29) is 29.8 Å². The molecule has 0 bridgehead atoms. The van der Waals surface area contributed by atoms with Crippen LogP contribution in [-0.2, 0) is 23.7 Å². The van der Waals surface area contributed by atoms with Crippen molar-refractivity contribution in [2.75, 3.05) is 5.43 Å². The van der Waals surface area contributed by atoms with Gasteiger partial charge in [0.1, 0.15) is 6.33 Å². The molecule has 168 valence electrons. The molecule has 0 atom stereocenters. The highest BCUT2D eigenvalue weighted by Crippen LogP contribution is 2.38. The standard InChI is InChI=1S/C18H13F6N7O/c1-10(16(32)29-28-14-7-25-2-3-26-14)8-31-9-27-15(30-31)11-4-12(17(19,20)21)6-13(5-11)18(22,23)24/h2-7,9H,1,8H2,(H,26,28)(H,29,32). The maximum atomic E-state index is 13.0. The van der Waals surface area contributed by atoms with Crippen LogP contribution in [0, 0.1) is 0 Å². The lowest BCUT2D eigenvalue weighted by molar-refractivity contribution is -0.143. The zero-order valence-electron chi connectivity index (χ0n) is 15.9. The van der Waals surface area contributed by atoms with Gasteiger partial charge in [-0.3, -0.25) is 20.6 Å². The number of nitrogens with one attached hydrogen (secondary N) is 2. The van der Waals surface area contributed by atoms with E-state index in [1.54, 1.807) is 0 Å². The molecule has 2 aromatic heterocycles. The topological polar surface area (TPSA) is 97.6 Å². The number of benzene rings is 1. The van der Waals surface area contributed by atoms with Crippen LogP contribution in [0.3, 0.4) is 0 Å². The quantitative estimate of drug-likeness (QED) is 0.334. The van der Waals surface area contributed by atoms with Gasteiger partial charge in [0, 0.05) is 23.5 Å². The Morgan fingerprint density at radius 2 is 1.66 bits per heavy atom. The number of hydrogen-bond acceptors (Lipinski definition) is 6. The average Bonchev–Trinajstić information content (AvgIpc) is 3.19. The van der Waals surface area contributed by atoms with Crippen LogP contribution >= 0.6 is 0 Å². The number of carbonyl (C=O) groups excluding carboxylic acids is 1. The summed E-state index contributed by atoms with van der Waals surface area (Å²) in [4.78, 5) is 23.5. The Morgan fingerprint density at radius 3 is 2.22 bits per heavy atom. The summed E-state index contributed by atoms with van der Waals surface area (Å²) in [5, 5.41) is 3.85. The van der Waals surface area contributed by atoms with Crippen LogP contribution < -0.4 is 10.9 Å². The lowest BCUT2D eigenvalue weighted by Crippen LogP contribution is -2.32. The molecule has 0 spiro atoms. The van der Waals surface area contributed by atoms with Crippen LogP contribution in [0.5, 0.6) is 0 Å². The summed E-state index contributed by atoms with van der Waals surface area (Å²) in [6, 6.07) is 1.04. The van der Waals surface area contributed by atoms with Crippen molar-refractivity contribution in [2.24, 2.45) is 0 Å².